The summed E-state index contributed by atoms with van der Waals surface area (Å²) >= 11 is 0. The number of hydrogen-bond acceptors (Lipinski definition) is 4. The molecule has 0 aromatic heterocycles. The van der Waals surface area contributed by atoms with Gasteiger partial charge in [0.25, 0.3) is 0 Å². The van der Waals surface area contributed by atoms with Gasteiger partial charge in [-0.25, -0.2) is 0 Å². The standard InChI is InChI=1S/C11H25N3O/c1-13(2)11(5-4-6-11)9-14(3)10(7-12)8-15/h10,15H,4-9,12H2,1-3H3. The van der Waals surface area contributed by atoms with Crippen LogP contribution in [0.3, 0.4) is 0 Å². The van der Waals surface area contributed by atoms with Crippen molar-refractivity contribution in [3.63, 3.8) is 0 Å². The topological polar surface area (TPSA) is 52.7 Å². The Morgan fingerprint density at radius 3 is 2.20 bits per heavy atom. The molecule has 4 nitrogen and oxygen atoms in total. The maximum atomic E-state index is 9.19. The molecule has 1 unspecified atom stereocenters. The lowest BCUT2D eigenvalue weighted by atomic mass is 9.75. The molecule has 1 saturated carbocycles. The van der Waals surface area contributed by atoms with Gasteiger partial charge in [-0.3, -0.25) is 4.90 Å². The molecule has 4 heteroatoms. The Balaban J connectivity index is 2.51. The summed E-state index contributed by atoms with van der Waals surface area (Å²) in [5, 5.41) is 9.19. The molecule has 90 valence electrons. The van der Waals surface area contributed by atoms with Crippen LogP contribution in [0.25, 0.3) is 0 Å². The van der Waals surface area contributed by atoms with Crippen LogP contribution in [0, 0.1) is 0 Å². The van der Waals surface area contributed by atoms with Crippen LogP contribution in [0.2, 0.25) is 0 Å². The number of aliphatic hydroxyl groups is 1. The third-order valence-corrected chi connectivity index (χ3v) is 3.88. The lowest BCUT2D eigenvalue weighted by Crippen LogP contribution is -2.59. The summed E-state index contributed by atoms with van der Waals surface area (Å²) in [6.07, 6.45) is 3.83. The molecule has 15 heavy (non-hydrogen) atoms. The van der Waals surface area contributed by atoms with Crippen molar-refractivity contribution in [3.8, 4) is 0 Å². The van der Waals surface area contributed by atoms with E-state index in [4.69, 9.17) is 5.73 Å². The molecule has 0 radical (unpaired) electrons. The Bertz CT molecular complexity index is 188. The molecule has 1 atom stereocenters. The first-order valence-electron chi connectivity index (χ1n) is 5.74. The van der Waals surface area contributed by atoms with E-state index in [0.717, 1.165) is 6.54 Å². The molecule has 1 aliphatic carbocycles. The van der Waals surface area contributed by atoms with Crippen molar-refractivity contribution >= 4 is 0 Å². The average Bonchev–Trinajstić information content (AvgIpc) is 2.12. The van der Waals surface area contributed by atoms with E-state index in [0.29, 0.717) is 12.1 Å². The van der Waals surface area contributed by atoms with Gasteiger partial charge in [0.05, 0.1) is 6.61 Å². The lowest BCUT2D eigenvalue weighted by Gasteiger charge is -2.50. The van der Waals surface area contributed by atoms with Gasteiger partial charge in [0.15, 0.2) is 0 Å². The van der Waals surface area contributed by atoms with Crippen molar-refractivity contribution in [1.82, 2.24) is 9.80 Å². The molecule has 0 spiro atoms. The molecule has 0 bridgehead atoms. The first kappa shape index (κ1) is 12.9. The Labute approximate surface area is 93.0 Å². The van der Waals surface area contributed by atoms with E-state index in [1.165, 1.54) is 19.3 Å². The van der Waals surface area contributed by atoms with E-state index >= 15 is 0 Å². The molecule has 0 aromatic rings. The monoisotopic (exact) mass is 215 g/mol. The van der Waals surface area contributed by atoms with Gasteiger partial charge < -0.3 is 15.7 Å². The van der Waals surface area contributed by atoms with Crippen molar-refractivity contribution in [2.75, 3.05) is 40.8 Å². The summed E-state index contributed by atoms with van der Waals surface area (Å²) < 4.78 is 0. The van der Waals surface area contributed by atoms with Gasteiger partial charge in [-0.1, -0.05) is 0 Å². The normalized spacial score (nSPS) is 21.8. The van der Waals surface area contributed by atoms with E-state index in [-0.39, 0.29) is 12.6 Å². The minimum absolute atomic E-state index is 0.0995. The average molecular weight is 215 g/mol. The maximum Gasteiger partial charge on any atom is 0.0599 e. The number of aliphatic hydroxyl groups excluding tert-OH is 1. The zero-order chi connectivity index (χ0) is 11.5. The third kappa shape index (κ3) is 2.69. The quantitative estimate of drug-likeness (QED) is 0.640. The van der Waals surface area contributed by atoms with Crippen molar-refractivity contribution in [2.45, 2.75) is 30.8 Å². The van der Waals surface area contributed by atoms with Gasteiger partial charge in [-0.05, 0) is 40.4 Å². The molecule has 1 rings (SSSR count). The number of likely N-dealkylation sites (N-methyl/N-ethyl adjacent to an activating group) is 2. The summed E-state index contributed by atoms with van der Waals surface area (Å²) in [5.74, 6) is 0. The number of nitrogens with zero attached hydrogens (tertiary/aromatic N) is 2. The number of hydrogen-bond donors (Lipinski definition) is 2. The van der Waals surface area contributed by atoms with Crippen LogP contribution in [0.1, 0.15) is 19.3 Å². The van der Waals surface area contributed by atoms with Crippen LogP contribution < -0.4 is 5.73 Å². The van der Waals surface area contributed by atoms with Crippen LogP contribution in [0.4, 0.5) is 0 Å². The summed E-state index contributed by atoms with van der Waals surface area (Å²) in [6.45, 7) is 1.68. The maximum absolute atomic E-state index is 9.19. The Hall–Kier alpha value is -0.160. The Morgan fingerprint density at radius 1 is 1.33 bits per heavy atom. The van der Waals surface area contributed by atoms with Crippen LogP contribution in [0.15, 0.2) is 0 Å². The van der Waals surface area contributed by atoms with E-state index in [1.54, 1.807) is 0 Å². The van der Waals surface area contributed by atoms with Crippen molar-refractivity contribution in [1.29, 1.82) is 0 Å². The van der Waals surface area contributed by atoms with Crippen LogP contribution in [-0.4, -0.2) is 67.3 Å². The molecule has 1 aliphatic rings. The van der Waals surface area contributed by atoms with E-state index in [9.17, 15) is 5.11 Å². The SMILES string of the molecule is CN(CC1(N(C)C)CCC1)C(CN)CO. The molecule has 0 amide bonds. The summed E-state index contributed by atoms with van der Waals surface area (Å²) in [4.78, 5) is 4.51. The van der Waals surface area contributed by atoms with E-state index < -0.39 is 0 Å². The van der Waals surface area contributed by atoms with Crippen molar-refractivity contribution < 1.29 is 5.11 Å². The van der Waals surface area contributed by atoms with Gasteiger partial charge in [-0.2, -0.15) is 0 Å². The predicted molar refractivity (Wildman–Crippen MR) is 62.8 cm³/mol. The van der Waals surface area contributed by atoms with Gasteiger partial charge in [0, 0.05) is 24.7 Å². The molecular formula is C11H25N3O. The highest BCUT2D eigenvalue weighted by Crippen LogP contribution is 2.36. The van der Waals surface area contributed by atoms with Crippen LogP contribution in [-0.2, 0) is 0 Å². The lowest BCUT2D eigenvalue weighted by molar-refractivity contribution is 0.00922. The Kier molecular flexibility index (Phi) is 4.52. The minimum Gasteiger partial charge on any atom is -0.395 e. The fourth-order valence-electron chi connectivity index (χ4n) is 2.32. The molecular weight excluding hydrogens is 190 g/mol. The molecule has 0 saturated heterocycles. The summed E-state index contributed by atoms with van der Waals surface area (Å²) in [6, 6.07) is 0.0995. The highest BCUT2D eigenvalue weighted by Gasteiger charge is 2.40. The predicted octanol–water partition coefficient (Wildman–Crippen LogP) is -0.278. The second-order valence-electron chi connectivity index (χ2n) is 4.96. The second-order valence-corrected chi connectivity index (χ2v) is 4.96. The van der Waals surface area contributed by atoms with Gasteiger partial charge >= 0.3 is 0 Å². The summed E-state index contributed by atoms with van der Waals surface area (Å²) in [7, 11) is 6.34. The van der Waals surface area contributed by atoms with Gasteiger partial charge in [0.1, 0.15) is 0 Å². The molecule has 1 fully saturated rings. The number of rotatable bonds is 6. The highest BCUT2D eigenvalue weighted by atomic mass is 16.3. The highest BCUT2D eigenvalue weighted by molar-refractivity contribution is 4.98. The molecule has 0 heterocycles. The van der Waals surface area contributed by atoms with E-state index in [1.807, 2.05) is 0 Å². The largest absolute Gasteiger partial charge is 0.395 e. The third-order valence-electron chi connectivity index (χ3n) is 3.88. The Morgan fingerprint density at radius 2 is 1.93 bits per heavy atom. The zero-order valence-electron chi connectivity index (χ0n) is 10.2. The first-order chi connectivity index (χ1) is 7.05. The molecule has 0 aromatic carbocycles. The van der Waals surface area contributed by atoms with Gasteiger partial charge in [0.2, 0.25) is 0 Å². The van der Waals surface area contributed by atoms with E-state index in [2.05, 4.69) is 30.9 Å². The molecule has 3 N–H and O–H groups in total. The van der Waals surface area contributed by atoms with Crippen molar-refractivity contribution in [2.24, 2.45) is 5.73 Å². The smallest absolute Gasteiger partial charge is 0.0599 e. The second kappa shape index (κ2) is 5.25. The van der Waals surface area contributed by atoms with Gasteiger partial charge in [-0.15, -0.1) is 0 Å². The fourth-order valence-corrected chi connectivity index (χ4v) is 2.32. The van der Waals surface area contributed by atoms with Crippen LogP contribution >= 0.6 is 0 Å². The van der Waals surface area contributed by atoms with Crippen molar-refractivity contribution in [3.05, 3.63) is 0 Å². The number of nitrogens with two attached hydrogens (primary N) is 1. The molecule has 0 aliphatic heterocycles. The first-order valence-corrected chi connectivity index (χ1v) is 5.74. The fraction of sp³-hybridized carbons (Fsp3) is 1.00. The summed E-state index contributed by atoms with van der Waals surface area (Å²) in [5.41, 5.74) is 5.94. The zero-order valence-corrected chi connectivity index (χ0v) is 10.2. The minimum atomic E-state index is 0.0995. The van der Waals surface area contributed by atoms with Crippen LogP contribution in [0.5, 0.6) is 0 Å².